The first kappa shape index (κ1) is 7.90. The van der Waals surface area contributed by atoms with Crippen molar-refractivity contribution in [2.24, 2.45) is 0 Å². The lowest BCUT2D eigenvalue weighted by atomic mass is 10.3. The third kappa shape index (κ3) is 1.10. The van der Waals surface area contributed by atoms with E-state index in [2.05, 4.69) is 4.98 Å². The van der Waals surface area contributed by atoms with Gasteiger partial charge in [0.25, 0.3) is 0 Å². The van der Waals surface area contributed by atoms with Gasteiger partial charge in [-0.15, -0.1) is 0 Å². The number of rotatable bonds is 0. The standard InChI is InChI=1S/C8H5ClN4/c9-6-1-5(3-10)2-8-12-4-7(11)13(6)8/h1-2,4H,11H2. The van der Waals surface area contributed by atoms with E-state index in [0.717, 1.165) is 0 Å². The van der Waals surface area contributed by atoms with Crippen molar-refractivity contribution in [3.63, 3.8) is 0 Å². The van der Waals surface area contributed by atoms with Crippen LogP contribution in [0.5, 0.6) is 0 Å². The van der Waals surface area contributed by atoms with Crippen molar-refractivity contribution in [3.8, 4) is 6.07 Å². The number of nitrogens with two attached hydrogens (primary N) is 1. The SMILES string of the molecule is N#Cc1cc(Cl)n2c(N)cnc2c1. The molecule has 2 aromatic heterocycles. The van der Waals surface area contributed by atoms with Crippen molar-refractivity contribution < 1.29 is 0 Å². The Labute approximate surface area is 79.2 Å². The number of anilines is 1. The van der Waals surface area contributed by atoms with Crippen LogP contribution in [-0.2, 0) is 0 Å². The van der Waals surface area contributed by atoms with Crippen LogP contribution in [-0.4, -0.2) is 9.38 Å². The molecule has 0 atom stereocenters. The van der Waals surface area contributed by atoms with Crippen LogP contribution >= 0.6 is 11.6 Å². The fourth-order valence-corrected chi connectivity index (χ4v) is 1.45. The molecule has 0 bridgehead atoms. The summed E-state index contributed by atoms with van der Waals surface area (Å²) in [5.74, 6) is 0.462. The number of nitrogen functional groups attached to an aromatic ring is 1. The molecule has 4 nitrogen and oxygen atoms in total. The van der Waals surface area contributed by atoms with E-state index < -0.39 is 0 Å². The molecule has 0 aliphatic heterocycles. The van der Waals surface area contributed by atoms with Crippen LogP contribution in [0.1, 0.15) is 5.56 Å². The zero-order chi connectivity index (χ0) is 9.42. The van der Waals surface area contributed by atoms with Crippen molar-refractivity contribution in [3.05, 3.63) is 29.0 Å². The van der Waals surface area contributed by atoms with Crippen molar-refractivity contribution >= 4 is 23.1 Å². The van der Waals surface area contributed by atoms with E-state index in [9.17, 15) is 0 Å². The molecule has 2 heterocycles. The Balaban J connectivity index is 2.89. The molecule has 0 aliphatic rings. The molecule has 0 saturated heterocycles. The van der Waals surface area contributed by atoms with Gasteiger partial charge < -0.3 is 5.73 Å². The van der Waals surface area contributed by atoms with Crippen molar-refractivity contribution in [2.75, 3.05) is 5.73 Å². The summed E-state index contributed by atoms with van der Waals surface area (Å²) in [6, 6.07) is 5.17. The summed E-state index contributed by atoms with van der Waals surface area (Å²) in [6.45, 7) is 0. The van der Waals surface area contributed by atoms with Crippen LogP contribution in [0.2, 0.25) is 5.15 Å². The Morgan fingerprint density at radius 1 is 1.54 bits per heavy atom. The maximum absolute atomic E-state index is 8.65. The Bertz CT molecular complexity index is 509. The topological polar surface area (TPSA) is 67.1 Å². The van der Waals surface area contributed by atoms with Gasteiger partial charge in [-0.2, -0.15) is 5.26 Å². The van der Waals surface area contributed by atoms with E-state index in [0.29, 0.717) is 22.2 Å². The van der Waals surface area contributed by atoms with E-state index in [1.165, 1.54) is 6.20 Å². The van der Waals surface area contributed by atoms with Gasteiger partial charge in [0, 0.05) is 0 Å². The van der Waals surface area contributed by atoms with E-state index in [-0.39, 0.29) is 0 Å². The smallest absolute Gasteiger partial charge is 0.140 e. The molecule has 0 fully saturated rings. The first-order valence-electron chi connectivity index (χ1n) is 3.55. The molecule has 64 valence electrons. The van der Waals surface area contributed by atoms with Crippen molar-refractivity contribution in [1.82, 2.24) is 9.38 Å². The molecule has 13 heavy (non-hydrogen) atoms. The molecule has 0 radical (unpaired) electrons. The number of pyridine rings is 1. The molecule has 2 N–H and O–H groups in total. The van der Waals surface area contributed by atoms with Gasteiger partial charge in [0.05, 0.1) is 17.8 Å². The summed E-state index contributed by atoms with van der Waals surface area (Å²) in [5, 5.41) is 9.04. The second-order valence-electron chi connectivity index (χ2n) is 2.56. The molecular formula is C8H5ClN4. The van der Waals surface area contributed by atoms with Crippen LogP contribution in [0.3, 0.4) is 0 Å². The van der Waals surface area contributed by atoms with Gasteiger partial charge in [0.15, 0.2) is 0 Å². The Kier molecular flexibility index (Phi) is 1.61. The molecule has 0 spiro atoms. The van der Waals surface area contributed by atoms with Crippen LogP contribution in [0, 0.1) is 11.3 Å². The predicted octanol–water partition coefficient (Wildman–Crippen LogP) is 1.44. The van der Waals surface area contributed by atoms with E-state index in [4.69, 9.17) is 22.6 Å². The average Bonchev–Trinajstić information content (AvgIpc) is 2.48. The Hall–Kier alpha value is -1.73. The molecule has 5 heteroatoms. The minimum Gasteiger partial charge on any atom is -0.383 e. The molecule has 0 aromatic carbocycles. The molecule has 0 unspecified atom stereocenters. The van der Waals surface area contributed by atoms with Crippen LogP contribution < -0.4 is 5.73 Å². The average molecular weight is 193 g/mol. The molecule has 2 aromatic rings. The second-order valence-corrected chi connectivity index (χ2v) is 2.94. The molecule has 0 aliphatic carbocycles. The van der Waals surface area contributed by atoms with E-state index in [1.807, 2.05) is 6.07 Å². The summed E-state index contributed by atoms with van der Waals surface area (Å²) in [4.78, 5) is 3.99. The lowest BCUT2D eigenvalue weighted by molar-refractivity contribution is 1.19. The number of hydrogen-bond acceptors (Lipinski definition) is 3. The summed E-state index contributed by atoms with van der Waals surface area (Å²) >= 11 is 5.88. The zero-order valence-electron chi connectivity index (χ0n) is 6.53. The van der Waals surface area contributed by atoms with E-state index >= 15 is 0 Å². The quantitative estimate of drug-likeness (QED) is 0.643. The Morgan fingerprint density at radius 3 is 3.00 bits per heavy atom. The minimum atomic E-state index is 0.393. The summed E-state index contributed by atoms with van der Waals surface area (Å²) < 4.78 is 1.57. The maximum Gasteiger partial charge on any atom is 0.140 e. The number of nitriles is 1. The number of hydrogen-bond donors (Lipinski definition) is 1. The first-order valence-corrected chi connectivity index (χ1v) is 3.93. The third-order valence-electron chi connectivity index (χ3n) is 1.72. The minimum absolute atomic E-state index is 0.393. The van der Waals surface area contributed by atoms with Gasteiger partial charge >= 0.3 is 0 Å². The van der Waals surface area contributed by atoms with Crippen molar-refractivity contribution in [1.29, 1.82) is 5.26 Å². The van der Waals surface area contributed by atoms with Gasteiger partial charge in [-0.3, -0.25) is 4.40 Å². The lowest BCUT2D eigenvalue weighted by Gasteiger charge is -1.99. The van der Waals surface area contributed by atoms with Crippen LogP contribution in [0.25, 0.3) is 5.65 Å². The number of aromatic nitrogens is 2. The normalized spacial score (nSPS) is 10.2. The van der Waals surface area contributed by atoms with Crippen LogP contribution in [0.15, 0.2) is 18.3 Å². The highest BCUT2D eigenvalue weighted by atomic mass is 35.5. The number of imidazole rings is 1. The summed E-state index contributed by atoms with van der Waals surface area (Å²) in [5.41, 5.74) is 6.66. The number of fused-ring (bicyclic) bond motifs is 1. The highest BCUT2D eigenvalue weighted by molar-refractivity contribution is 6.30. The molecule has 2 rings (SSSR count). The van der Waals surface area contributed by atoms with Gasteiger partial charge in [0.2, 0.25) is 0 Å². The third-order valence-corrected chi connectivity index (χ3v) is 2.00. The zero-order valence-corrected chi connectivity index (χ0v) is 7.28. The second kappa shape index (κ2) is 2.64. The summed E-state index contributed by atoms with van der Waals surface area (Å²) in [7, 11) is 0. The van der Waals surface area contributed by atoms with E-state index in [1.54, 1.807) is 16.5 Å². The highest BCUT2D eigenvalue weighted by Gasteiger charge is 2.05. The van der Waals surface area contributed by atoms with Crippen molar-refractivity contribution in [2.45, 2.75) is 0 Å². The fourth-order valence-electron chi connectivity index (χ4n) is 1.15. The lowest BCUT2D eigenvalue weighted by Crippen LogP contribution is -1.94. The summed E-state index contributed by atoms with van der Waals surface area (Å²) in [6.07, 6.45) is 1.50. The van der Waals surface area contributed by atoms with Gasteiger partial charge in [0.1, 0.15) is 16.6 Å². The Morgan fingerprint density at radius 2 is 2.31 bits per heavy atom. The van der Waals surface area contributed by atoms with Gasteiger partial charge in [-0.05, 0) is 12.1 Å². The largest absolute Gasteiger partial charge is 0.383 e. The molecule has 0 amide bonds. The monoisotopic (exact) mass is 192 g/mol. The maximum atomic E-state index is 8.65. The number of nitrogens with zero attached hydrogens (tertiary/aromatic N) is 3. The fraction of sp³-hybridized carbons (Fsp3) is 0. The van der Waals surface area contributed by atoms with Gasteiger partial charge in [-0.25, -0.2) is 4.98 Å². The highest BCUT2D eigenvalue weighted by Crippen LogP contribution is 2.18. The first-order chi connectivity index (χ1) is 6.22. The van der Waals surface area contributed by atoms with Gasteiger partial charge in [-0.1, -0.05) is 11.6 Å². The number of halogens is 1. The molecule has 0 saturated carbocycles. The predicted molar refractivity (Wildman–Crippen MR) is 49.3 cm³/mol. The van der Waals surface area contributed by atoms with Crippen LogP contribution in [0.4, 0.5) is 5.82 Å². The molecular weight excluding hydrogens is 188 g/mol.